The predicted octanol–water partition coefficient (Wildman–Crippen LogP) is 1.09. The van der Waals surface area contributed by atoms with Crippen molar-refractivity contribution in [3.05, 3.63) is 23.1 Å². The van der Waals surface area contributed by atoms with E-state index in [4.69, 9.17) is 16.8 Å². The molecule has 0 saturated carbocycles. The van der Waals surface area contributed by atoms with Crippen LogP contribution in [0, 0.1) is 0 Å². The first-order valence-electron chi connectivity index (χ1n) is 2.89. The average Bonchev–Trinajstić information content (AvgIpc) is 1.86. The van der Waals surface area contributed by atoms with Gasteiger partial charge in [-0.2, -0.15) is 8.42 Å². The minimum absolute atomic E-state index is 0.131. The lowest BCUT2D eigenvalue weighted by atomic mass is 10.2. The summed E-state index contributed by atoms with van der Waals surface area (Å²) < 4.78 is 29.6. The quantitative estimate of drug-likeness (QED) is 0.496. The van der Waals surface area contributed by atoms with Gasteiger partial charge in [0.15, 0.2) is 0 Å². The summed E-state index contributed by atoms with van der Waals surface area (Å²) in [5.74, 6) is 0. The molecule has 0 unspecified atom stereocenters. The Bertz CT molecular complexity index is 335. The van der Waals surface area contributed by atoms with Crippen LogP contribution in [0.4, 0.5) is 0 Å². The van der Waals surface area contributed by atoms with Gasteiger partial charge in [0.05, 0.1) is 4.91 Å². The fraction of sp³-hybridized carbons (Fsp3) is 0.167. The monoisotopic (exact) mass is 190 g/mol. The first-order valence-corrected chi connectivity index (χ1v) is 4.73. The molecule has 5 heteroatoms. The van der Waals surface area contributed by atoms with E-state index >= 15 is 0 Å². The zero-order chi connectivity index (χ0) is 8.48. The molecule has 1 aliphatic carbocycles. The van der Waals surface area contributed by atoms with E-state index in [9.17, 15) is 8.42 Å². The van der Waals surface area contributed by atoms with Crippen LogP contribution in [0.15, 0.2) is 23.1 Å². The van der Waals surface area contributed by atoms with E-state index in [0.717, 1.165) is 0 Å². The summed E-state index contributed by atoms with van der Waals surface area (Å²) in [7, 11) is -4.07. The van der Waals surface area contributed by atoms with Gasteiger partial charge in [0.25, 0.3) is 10.1 Å². The fourth-order valence-electron chi connectivity index (χ4n) is 0.717. The second-order valence-electron chi connectivity index (χ2n) is 2.09. The van der Waals surface area contributed by atoms with Crippen LogP contribution in [0.2, 0.25) is 0 Å². The lowest BCUT2D eigenvalue weighted by Gasteiger charge is -2.02. The molecule has 0 radical (unpaired) electrons. The molecule has 1 N–H and O–H groups in total. The third-order valence-electron chi connectivity index (χ3n) is 1.20. The molecule has 0 amide bonds. The van der Waals surface area contributed by atoms with Gasteiger partial charge in [0.2, 0.25) is 0 Å². The Balaban J connectivity index is 3.08. The van der Waals surface area contributed by atoms with Crippen LogP contribution in [-0.4, -0.2) is 17.8 Å². The predicted molar refractivity (Wildman–Crippen MR) is 46.0 cm³/mol. The van der Waals surface area contributed by atoms with Crippen LogP contribution >= 0.6 is 12.2 Å². The third-order valence-corrected chi connectivity index (χ3v) is 2.34. The minimum Gasteiger partial charge on any atom is -0.282 e. The fourth-order valence-corrected chi connectivity index (χ4v) is 1.57. The zero-order valence-corrected chi connectivity index (χ0v) is 7.15. The smallest absolute Gasteiger partial charge is 0.282 e. The Labute approximate surface area is 70.2 Å². The van der Waals surface area contributed by atoms with E-state index in [1.54, 1.807) is 6.08 Å². The summed E-state index contributed by atoms with van der Waals surface area (Å²) in [6, 6.07) is 0. The molecule has 11 heavy (non-hydrogen) atoms. The molecule has 1 aliphatic rings. The molecular weight excluding hydrogens is 184 g/mol. The normalized spacial score (nSPS) is 18.3. The first-order chi connectivity index (χ1) is 5.00. The van der Waals surface area contributed by atoms with E-state index < -0.39 is 10.1 Å². The highest BCUT2D eigenvalue weighted by atomic mass is 32.2. The molecule has 1 rings (SSSR count). The summed E-state index contributed by atoms with van der Waals surface area (Å²) in [4.78, 5) is 0.383. The summed E-state index contributed by atoms with van der Waals surface area (Å²) in [6.07, 6.45) is 4.79. The van der Waals surface area contributed by atoms with Crippen molar-refractivity contribution in [3.63, 3.8) is 0 Å². The minimum atomic E-state index is -4.07. The van der Waals surface area contributed by atoms with Gasteiger partial charge in [-0.1, -0.05) is 18.3 Å². The van der Waals surface area contributed by atoms with Gasteiger partial charge in [-0.3, -0.25) is 4.55 Å². The van der Waals surface area contributed by atoms with Crippen molar-refractivity contribution in [2.45, 2.75) is 6.42 Å². The highest BCUT2D eigenvalue weighted by Crippen LogP contribution is 2.12. The van der Waals surface area contributed by atoms with E-state index in [1.807, 2.05) is 0 Å². The van der Waals surface area contributed by atoms with Crippen LogP contribution in [0.5, 0.6) is 0 Å². The molecule has 0 aromatic rings. The lowest BCUT2D eigenvalue weighted by Crippen LogP contribution is -2.04. The maximum Gasteiger partial charge on any atom is 0.294 e. The van der Waals surface area contributed by atoms with E-state index in [2.05, 4.69) is 0 Å². The molecule has 0 spiro atoms. The molecular formula is C6H6O3S2. The number of allylic oxidation sites excluding steroid dienone is 3. The summed E-state index contributed by atoms with van der Waals surface area (Å²) >= 11 is 4.75. The maximum atomic E-state index is 10.5. The standard InChI is InChI=1S/C6H6O3S2/c7-11(8,9)6-3-1-2-5(10)4-6/h1,3-4H,2H2,(H,7,8,9). The SMILES string of the molecule is O=S(=O)(O)C1=CC(=S)CC=C1. The Kier molecular flexibility index (Phi) is 2.22. The van der Waals surface area contributed by atoms with E-state index in [-0.39, 0.29) is 4.91 Å². The van der Waals surface area contributed by atoms with Crippen LogP contribution in [0.1, 0.15) is 6.42 Å². The van der Waals surface area contributed by atoms with Gasteiger partial charge >= 0.3 is 0 Å². The van der Waals surface area contributed by atoms with Gasteiger partial charge < -0.3 is 0 Å². The summed E-state index contributed by atoms with van der Waals surface area (Å²) in [5.41, 5.74) is 0. The molecule has 0 aromatic carbocycles. The van der Waals surface area contributed by atoms with Crippen LogP contribution < -0.4 is 0 Å². The summed E-state index contributed by atoms with van der Waals surface area (Å²) in [5, 5.41) is 0. The highest BCUT2D eigenvalue weighted by Gasteiger charge is 2.13. The molecule has 3 nitrogen and oxygen atoms in total. The van der Waals surface area contributed by atoms with Crippen molar-refractivity contribution < 1.29 is 13.0 Å². The molecule has 0 fully saturated rings. The molecule has 0 aromatic heterocycles. The largest absolute Gasteiger partial charge is 0.294 e. The van der Waals surface area contributed by atoms with Crippen molar-refractivity contribution in [1.29, 1.82) is 0 Å². The zero-order valence-electron chi connectivity index (χ0n) is 5.52. The molecule has 0 bridgehead atoms. The van der Waals surface area contributed by atoms with Crippen molar-refractivity contribution >= 4 is 27.2 Å². The van der Waals surface area contributed by atoms with Gasteiger partial charge in [0.1, 0.15) is 0 Å². The lowest BCUT2D eigenvalue weighted by molar-refractivity contribution is 0.492. The first kappa shape index (κ1) is 8.58. The van der Waals surface area contributed by atoms with Crippen LogP contribution in [-0.2, 0) is 10.1 Å². The van der Waals surface area contributed by atoms with Crippen LogP contribution in [0.25, 0.3) is 0 Å². The van der Waals surface area contributed by atoms with Crippen molar-refractivity contribution in [1.82, 2.24) is 0 Å². The Morgan fingerprint density at radius 2 is 2.18 bits per heavy atom. The molecule has 0 heterocycles. The average molecular weight is 190 g/mol. The topological polar surface area (TPSA) is 54.4 Å². The summed E-state index contributed by atoms with van der Waals surface area (Å²) in [6.45, 7) is 0. The second kappa shape index (κ2) is 2.84. The molecule has 60 valence electrons. The van der Waals surface area contributed by atoms with Gasteiger partial charge in [-0.05, 0) is 12.2 Å². The highest BCUT2D eigenvalue weighted by molar-refractivity contribution is 7.90. The number of rotatable bonds is 1. The van der Waals surface area contributed by atoms with Gasteiger partial charge in [-0.15, -0.1) is 0 Å². The molecule has 0 saturated heterocycles. The van der Waals surface area contributed by atoms with Gasteiger partial charge in [0, 0.05) is 11.3 Å². The Hall–Kier alpha value is -0.520. The van der Waals surface area contributed by atoms with Crippen molar-refractivity contribution in [3.8, 4) is 0 Å². The van der Waals surface area contributed by atoms with Crippen molar-refractivity contribution in [2.75, 3.05) is 0 Å². The molecule has 0 aliphatic heterocycles. The number of thiocarbonyl (C=S) groups is 1. The number of hydrogen-bond acceptors (Lipinski definition) is 3. The second-order valence-corrected chi connectivity index (χ2v) is 4.04. The molecule has 0 atom stereocenters. The number of hydrogen-bond donors (Lipinski definition) is 1. The van der Waals surface area contributed by atoms with Crippen molar-refractivity contribution in [2.24, 2.45) is 0 Å². The Morgan fingerprint density at radius 1 is 1.55 bits per heavy atom. The third kappa shape index (κ3) is 2.21. The van der Waals surface area contributed by atoms with Crippen LogP contribution in [0.3, 0.4) is 0 Å². The van der Waals surface area contributed by atoms with E-state index in [1.165, 1.54) is 12.2 Å². The maximum absolute atomic E-state index is 10.5. The van der Waals surface area contributed by atoms with Gasteiger partial charge in [-0.25, -0.2) is 0 Å². The van der Waals surface area contributed by atoms with E-state index in [0.29, 0.717) is 11.3 Å². The Morgan fingerprint density at radius 3 is 2.55 bits per heavy atom.